The van der Waals surface area contributed by atoms with Crippen LogP contribution in [0.25, 0.3) is 10.9 Å². The van der Waals surface area contributed by atoms with Crippen LogP contribution in [-0.2, 0) is 4.74 Å². The number of pyridine rings is 2. The fraction of sp³-hybridized carbons (Fsp3) is 0.353. The van der Waals surface area contributed by atoms with Crippen molar-refractivity contribution in [1.82, 2.24) is 9.97 Å². The molecule has 0 spiro atoms. The fourth-order valence-electron chi connectivity index (χ4n) is 2.94. The molecule has 23 heavy (non-hydrogen) atoms. The molecule has 2 aromatic heterocycles. The van der Waals surface area contributed by atoms with Crippen molar-refractivity contribution in [2.75, 3.05) is 44.9 Å². The van der Waals surface area contributed by atoms with Gasteiger partial charge in [-0.05, 0) is 12.1 Å². The molecule has 2 aliphatic rings. The maximum absolute atomic E-state index is 5.59. The Kier molecular flexibility index (Phi) is 3.67. The van der Waals surface area contributed by atoms with Gasteiger partial charge in [-0.3, -0.25) is 9.98 Å². The summed E-state index contributed by atoms with van der Waals surface area (Å²) in [5.74, 6) is 1.71. The molecule has 0 unspecified atom stereocenters. The zero-order valence-electron chi connectivity index (χ0n) is 13.0. The normalized spacial score (nSPS) is 17.6. The summed E-state index contributed by atoms with van der Waals surface area (Å²) < 4.78 is 11.0. The summed E-state index contributed by atoms with van der Waals surface area (Å²) in [5, 5.41) is 0.956. The van der Waals surface area contributed by atoms with Crippen LogP contribution in [0.3, 0.4) is 0 Å². The van der Waals surface area contributed by atoms with E-state index in [1.54, 1.807) is 13.3 Å². The van der Waals surface area contributed by atoms with Crippen molar-refractivity contribution in [2.45, 2.75) is 0 Å². The molecule has 6 heteroatoms. The predicted octanol–water partition coefficient (Wildman–Crippen LogP) is 1.83. The van der Waals surface area contributed by atoms with Crippen LogP contribution in [0.4, 0.5) is 5.82 Å². The van der Waals surface area contributed by atoms with Crippen LogP contribution < -0.4 is 9.64 Å². The lowest BCUT2D eigenvalue weighted by Crippen LogP contribution is -2.36. The molecule has 0 bridgehead atoms. The number of hydrogen-bond donors (Lipinski definition) is 0. The lowest BCUT2D eigenvalue weighted by atomic mass is 10.1. The van der Waals surface area contributed by atoms with Crippen molar-refractivity contribution in [3.05, 3.63) is 36.2 Å². The molecule has 0 radical (unpaired) electrons. The summed E-state index contributed by atoms with van der Waals surface area (Å²) in [6.07, 6.45) is 5.81. The SMILES string of the molecule is COc1cc(N2CCOCC2)nc2c(C3=NCC=C3)nccc12. The average molecular weight is 310 g/mol. The number of fused-ring (bicyclic) bond motifs is 1. The highest BCUT2D eigenvalue weighted by Crippen LogP contribution is 2.31. The third kappa shape index (κ3) is 2.55. The Bertz CT molecular complexity index is 795. The number of methoxy groups -OCH3 is 1. The van der Waals surface area contributed by atoms with Crippen molar-refractivity contribution >= 4 is 22.4 Å². The third-order valence-electron chi connectivity index (χ3n) is 4.12. The Labute approximate surface area is 134 Å². The topological polar surface area (TPSA) is 59.8 Å². The first-order valence-corrected chi connectivity index (χ1v) is 7.74. The van der Waals surface area contributed by atoms with Crippen molar-refractivity contribution in [1.29, 1.82) is 0 Å². The maximum atomic E-state index is 5.59. The number of nitrogens with zero attached hydrogens (tertiary/aromatic N) is 4. The first kappa shape index (κ1) is 14.1. The summed E-state index contributed by atoms with van der Waals surface area (Å²) in [4.78, 5) is 16.1. The quantitative estimate of drug-likeness (QED) is 0.865. The Morgan fingerprint density at radius 2 is 2.13 bits per heavy atom. The highest BCUT2D eigenvalue weighted by molar-refractivity contribution is 6.15. The maximum Gasteiger partial charge on any atom is 0.133 e. The average Bonchev–Trinajstić information content (AvgIpc) is 3.15. The van der Waals surface area contributed by atoms with E-state index >= 15 is 0 Å². The first-order valence-electron chi connectivity index (χ1n) is 7.74. The Morgan fingerprint density at radius 3 is 2.87 bits per heavy atom. The van der Waals surface area contributed by atoms with Crippen LogP contribution in [0.15, 0.2) is 35.5 Å². The number of allylic oxidation sites excluding steroid dienone is 1. The smallest absolute Gasteiger partial charge is 0.133 e. The summed E-state index contributed by atoms with van der Waals surface area (Å²) >= 11 is 0. The van der Waals surface area contributed by atoms with Crippen molar-refractivity contribution in [3.8, 4) is 5.75 Å². The molecular weight excluding hydrogens is 292 g/mol. The number of aliphatic imine (C=N–C) groups is 1. The molecule has 0 atom stereocenters. The minimum absolute atomic E-state index is 0.702. The van der Waals surface area contributed by atoms with E-state index < -0.39 is 0 Å². The van der Waals surface area contributed by atoms with E-state index in [0.29, 0.717) is 6.54 Å². The molecule has 0 aliphatic carbocycles. The van der Waals surface area contributed by atoms with Gasteiger partial charge >= 0.3 is 0 Å². The first-order chi connectivity index (χ1) is 11.4. The van der Waals surface area contributed by atoms with Gasteiger partial charge in [-0.15, -0.1) is 0 Å². The zero-order chi connectivity index (χ0) is 15.6. The summed E-state index contributed by atoms with van der Waals surface area (Å²) in [6, 6.07) is 3.93. The van der Waals surface area contributed by atoms with E-state index in [2.05, 4.69) is 14.9 Å². The van der Waals surface area contributed by atoms with Crippen LogP contribution >= 0.6 is 0 Å². The Balaban J connectivity index is 1.89. The Hall–Kier alpha value is -2.47. The molecule has 0 saturated carbocycles. The molecule has 1 saturated heterocycles. The fourth-order valence-corrected chi connectivity index (χ4v) is 2.94. The highest BCUT2D eigenvalue weighted by Gasteiger charge is 2.19. The lowest BCUT2D eigenvalue weighted by molar-refractivity contribution is 0.122. The molecule has 0 amide bonds. The number of anilines is 1. The van der Waals surface area contributed by atoms with Crippen LogP contribution in [0.5, 0.6) is 5.75 Å². The van der Waals surface area contributed by atoms with Crippen LogP contribution in [-0.4, -0.2) is 55.6 Å². The number of aromatic nitrogens is 2. The molecule has 0 aromatic carbocycles. The second kappa shape index (κ2) is 5.96. The molecular formula is C17H18N4O2. The van der Waals surface area contributed by atoms with Crippen LogP contribution in [0.1, 0.15) is 5.69 Å². The minimum atomic E-state index is 0.702. The molecule has 1 fully saturated rings. The van der Waals surface area contributed by atoms with E-state index in [-0.39, 0.29) is 0 Å². The largest absolute Gasteiger partial charge is 0.496 e. The van der Waals surface area contributed by atoms with E-state index in [4.69, 9.17) is 14.5 Å². The minimum Gasteiger partial charge on any atom is -0.496 e. The molecule has 6 nitrogen and oxygen atoms in total. The second-order valence-electron chi connectivity index (χ2n) is 5.47. The summed E-state index contributed by atoms with van der Waals surface area (Å²) in [6.45, 7) is 3.80. The molecule has 0 N–H and O–H groups in total. The molecule has 118 valence electrons. The van der Waals surface area contributed by atoms with Crippen molar-refractivity contribution in [2.24, 2.45) is 4.99 Å². The number of ether oxygens (including phenoxy) is 2. The number of morpholine rings is 1. The lowest BCUT2D eigenvalue weighted by Gasteiger charge is -2.28. The van der Waals surface area contributed by atoms with Gasteiger partial charge in [-0.25, -0.2) is 4.98 Å². The number of rotatable bonds is 3. The van der Waals surface area contributed by atoms with Crippen molar-refractivity contribution in [3.63, 3.8) is 0 Å². The van der Waals surface area contributed by atoms with Gasteiger partial charge in [0.2, 0.25) is 0 Å². The van der Waals surface area contributed by atoms with Crippen LogP contribution in [0, 0.1) is 0 Å². The van der Waals surface area contributed by atoms with Gasteiger partial charge in [0.15, 0.2) is 0 Å². The number of hydrogen-bond acceptors (Lipinski definition) is 6. The second-order valence-corrected chi connectivity index (χ2v) is 5.47. The summed E-state index contributed by atoms with van der Waals surface area (Å²) in [5.41, 5.74) is 2.52. The van der Waals surface area contributed by atoms with Crippen molar-refractivity contribution < 1.29 is 9.47 Å². The van der Waals surface area contributed by atoms with Gasteiger partial charge < -0.3 is 14.4 Å². The molecule has 2 aromatic rings. The van der Waals surface area contributed by atoms with E-state index in [0.717, 1.165) is 60.2 Å². The van der Waals surface area contributed by atoms with Crippen LogP contribution in [0.2, 0.25) is 0 Å². The van der Waals surface area contributed by atoms with Gasteiger partial charge in [0.25, 0.3) is 0 Å². The predicted molar refractivity (Wildman–Crippen MR) is 89.7 cm³/mol. The molecule has 4 rings (SSSR count). The third-order valence-corrected chi connectivity index (χ3v) is 4.12. The standard InChI is InChI=1S/C17H18N4O2/c1-22-14-11-15(21-7-9-23-10-8-21)20-16-12(14)4-6-19-17(16)13-3-2-5-18-13/h2-4,6,11H,5,7-10H2,1H3. The van der Waals surface area contributed by atoms with Gasteiger partial charge in [0.05, 0.1) is 32.6 Å². The summed E-state index contributed by atoms with van der Waals surface area (Å²) in [7, 11) is 1.69. The van der Waals surface area contributed by atoms with Gasteiger partial charge in [-0.1, -0.05) is 6.08 Å². The molecule has 4 heterocycles. The highest BCUT2D eigenvalue weighted by atomic mass is 16.5. The van der Waals surface area contributed by atoms with E-state index in [9.17, 15) is 0 Å². The monoisotopic (exact) mass is 310 g/mol. The van der Waals surface area contributed by atoms with Gasteiger partial charge in [-0.2, -0.15) is 0 Å². The van der Waals surface area contributed by atoms with Gasteiger partial charge in [0, 0.05) is 30.7 Å². The van der Waals surface area contributed by atoms with Gasteiger partial charge in [0.1, 0.15) is 22.8 Å². The Morgan fingerprint density at radius 1 is 1.26 bits per heavy atom. The zero-order valence-corrected chi connectivity index (χ0v) is 13.0. The van der Waals surface area contributed by atoms with E-state index in [1.807, 2.05) is 24.3 Å². The van der Waals surface area contributed by atoms with E-state index in [1.165, 1.54) is 0 Å². The molecule has 2 aliphatic heterocycles.